The van der Waals surface area contributed by atoms with E-state index in [9.17, 15) is 0 Å². The van der Waals surface area contributed by atoms with E-state index >= 15 is 0 Å². The fourth-order valence-corrected chi connectivity index (χ4v) is 1.84. The molecule has 0 amide bonds. The Balaban J connectivity index is 2.45. The van der Waals surface area contributed by atoms with Gasteiger partial charge in [0.25, 0.3) is 0 Å². The highest BCUT2D eigenvalue weighted by Crippen LogP contribution is 2.23. The molecule has 4 N–H and O–H groups in total. The van der Waals surface area contributed by atoms with E-state index in [2.05, 4.69) is 15.6 Å². The number of hydrogen-bond donors (Lipinski definition) is 2. The van der Waals surface area contributed by atoms with E-state index in [1.54, 1.807) is 7.11 Å². The highest BCUT2D eigenvalue weighted by Gasteiger charge is 2.06. The summed E-state index contributed by atoms with van der Waals surface area (Å²) in [6, 6.07) is 8.01. The Bertz CT molecular complexity index is 567. The summed E-state index contributed by atoms with van der Waals surface area (Å²) in [6.07, 6.45) is 0. The first-order chi connectivity index (χ1) is 8.11. The van der Waals surface area contributed by atoms with Crippen molar-refractivity contribution in [3.63, 3.8) is 0 Å². The summed E-state index contributed by atoms with van der Waals surface area (Å²) >= 11 is 0. The average Bonchev–Trinajstić information content (AvgIpc) is 2.63. The van der Waals surface area contributed by atoms with E-state index in [0.29, 0.717) is 6.54 Å². The van der Waals surface area contributed by atoms with E-state index in [1.807, 2.05) is 25.2 Å². The highest BCUT2D eigenvalue weighted by atomic mass is 16.5. The second-order valence-electron chi connectivity index (χ2n) is 3.86. The third-order valence-corrected chi connectivity index (χ3v) is 2.77. The summed E-state index contributed by atoms with van der Waals surface area (Å²) in [5.74, 6) is 0.948. The molecule has 0 unspecified atom stereocenters. The maximum Gasteiger partial charge on any atom is 0.186 e. The number of nitrogens with two attached hydrogens (primary N) is 2. The standard InChI is InChI=1S/C12H16N4O/c1-16-9(7-15-12(13)14)5-8-6-10(17-2)3-4-11(8)16/h3-6H,7H2,1-2H3,(H4,13,14,15). The predicted octanol–water partition coefficient (Wildman–Crippen LogP) is 0.960. The van der Waals surface area contributed by atoms with Crippen molar-refractivity contribution in [1.82, 2.24) is 4.57 Å². The molecule has 90 valence electrons. The summed E-state index contributed by atoms with van der Waals surface area (Å²) in [5.41, 5.74) is 12.8. The van der Waals surface area contributed by atoms with Crippen LogP contribution in [0, 0.1) is 0 Å². The van der Waals surface area contributed by atoms with Gasteiger partial charge < -0.3 is 20.8 Å². The van der Waals surface area contributed by atoms with Crippen LogP contribution in [-0.2, 0) is 13.6 Å². The monoisotopic (exact) mass is 232 g/mol. The second kappa shape index (κ2) is 4.37. The molecule has 5 heteroatoms. The van der Waals surface area contributed by atoms with Gasteiger partial charge in [0.05, 0.1) is 13.7 Å². The quantitative estimate of drug-likeness (QED) is 0.611. The molecule has 0 aliphatic heterocycles. The van der Waals surface area contributed by atoms with Gasteiger partial charge in [-0.25, -0.2) is 4.99 Å². The summed E-state index contributed by atoms with van der Waals surface area (Å²) in [4.78, 5) is 4.01. The Kier molecular flexibility index (Phi) is 2.91. The predicted molar refractivity (Wildman–Crippen MR) is 69.0 cm³/mol. The first-order valence-corrected chi connectivity index (χ1v) is 5.29. The lowest BCUT2D eigenvalue weighted by Gasteiger charge is -2.02. The molecule has 0 radical (unpaired) electrons. The molecule has 1 aromatic heterocycles. The third-order valence-electron chi connectivity index (χ3n) is 2.77. The molecule has 1 aromatic carbocycles. The van der Waals surface area contributed by atoms with Crippen molar-refractivity contribution in [1.29, 1.82) is 0 Å². The zero-order valence-electron chi connectivity index (χ0n) is 9.97. The number of hydrogen-bond acceptors (Lipinski definition) is 2. The summed E-state index contributed by atoms with van der Waals surface area (Å²) in [6.45, 7) is 0.482. The van der Waals surface area contributed by atoms with Gasteiger partial charge in [0.2, 0.25) is 0 Å². The van der Waals surface area contributed by atoms with Gasteiger partial charge in [0.15, 0.2) is 5.96 Å². The van der Waals surface area contributed by atoms with Crippen molar-refractivity contribution in [3.05, 3.63) is 30.0 Å². The number of aliphatic imine (C=N–C) groups is 1. The number of aryl methyl sites for hydroxylation is 1. The minimum atomic E-state index is 0.104. The molecule has 0 fully saturated rings. The lowest BCUT2D eigenvalue weighted by atomic mass is 10.2. The van der Waals surface area contributed by atoms with Gasteiger partial charge in [-0.2, -0.15) is 0 Å². The van der Waals surface area contributed by atoms with Crippen LogP contribution in [0.5, 0.6) is 5.75 Å². The Labute approximate surface area is 99.7 Å². The van der Waals surface area contributed by atoms with E-state index in [0.717, 1.165) is 22.3 Å². The van der Waals surface area contributed by atoms with Crippen molar-refractivity contribution in [2.75, 3.05) is 7.11 Å². The first-order valence-electron chi connectivity index (χ1n) is 5.29. The number of aromatic nitrogens is 1. The maximum atomic E-state index is 5.33. The molecule has 17 heavy (non-hydrogen) atoms. The van der Waals surface area contributed by atoms with Crippen LogP contribution in [0.2, 0.25) is 0 Å². The summed E-state index contributed by atoms with van der Waals surface area (Å²) in [5, 5.41) is 1.12. The van der Waals surface area contributed by atoms with Crippen LogP contribution in [0.3, 0.4) is 0 Å². The number of guanidine groups is 1. The SMILES string of the molecule is COc1ccc2c(c1)cc(CN=C(N)N)n2C. The van der Waals surface area contributed by atoms with Crippen molar-refractivity contribution < 1.29 is 4.74 Å². The van der Waals surface area contributed by atoms with Crippen LogP contribution in [0.1, 0.15) is 5.69 Å². The molecule has 0 bridgehead atoms. The summed E-state index contributed by atoms with van der Waals surface area (Å²) < 4.78 is 7.26. The molecular weight excluding hydrogens is 216 g/mol. The Morgan fingerprint density at radius 3 is 2.76 bits per heavy atom. The van der Waals surface area contributed by atoms with Crippen LogP contribution in [-0.4, -0.2) is 17.6 Å². The van der Waals surface area contributed by atoms with Crippen molar-refractivity contribution in [3.8, 4) is 5.75 Å². The fourth-order valence-electron chi connectivity index (χ4n) is 1.84. The first kappa shape index (κ1) is 11.3. The minimum Gasteiger partial charge on any atom is -0.497 e. The Morgan fingerprint density at radius 1 is 1.35 bits per heavy atom. The van der Waals surface area contributed by atoms with Gasteiger partial charge in [0, 0.05) is 23.6 Å². The van der Waals surface area contributed by atoms with Gasteiger partial charge in [-0.3, -0.25) is 0 Å². The van der Waals surface area contributed by atoms with Crippen molar-refractivity contribution in [2.45, 2.75) is 6.54 Å². The molecular formula is C12H16N4O. The maximum absolute atomic E-state index is 5.33. The lowest BCUT2D eigenvalue weighted by Crippen LogP contribution is -2.22. The van der Waals surface area contributed by atoms with Gasteiger partial charge in [-0.1, -0.05) is 0 Å². The highest BCUT2D eigenvalue weighted by molar-refractivity contribution is 5.83. The molecule has 0 atom stereocenters. The van der Waals surface area contributed by atoms with Crippen LogP contribution in [0.4, 0.5) is 0 Å². The molecule has 0 saturated carbocycles. The molecule has 1 heterocycles. The topological polar surface area (TPSA) is 78.6 Å². The Hall–Kier alpha value is -2.17. The lowest BCUT2D eigenvalue weighted by molar-refractivity contribution is 0.415. The molecule has 0 aliphatic rings. The number of methoxy groups -OCH3 is 1. The number of ether oxygens (including phenoxy) is 1. The van der Waals surface area contributed by atoms with Crippen LogP contribution < -0.4 is 16.2 Å². The van der Waals surface area contributed by atoms with Crippen LogP contribution in [0.25, 0.3) is 10.9 Å². The van der Waals surface area contributed by atoms with Crippen LogP contribution in [0.15, 0.2) is 29.3 Å². The summed E-state index contributed by atoms with van der Waals surface area (Å²) in [7, 11) is 3.65. The van der Waals surface area contributed by atoms with Crippen molar-refractivity contribution >= 4 is 16.9 Å². The van der Waals surface area contributed by atoms with Gasteiger partial charge in [-0.05, 0) is 24.3 Å². The zero-order valence-corrected chi connectivity index (χ0v) is 9.97. The van der Waals surface area contributed by atoms with Gasteiger partial charge in [0.1, 0.15) is 5.75 Å². The molecule has 2 rings (SSSR count). The van der Waals surface area contributed by atoms with E-state index in [1.165, 1.54) is 0 Å². The molecule has 0 spiro atoms. The fraction of sp³-hybridized carbons (Fsp3) is 0.250. The normalized spacial score (nSPS) is 10.5. The third kappa shape index (κ3) is 2.18. The van der Waals surface area contributed by atoms with Crippen molar-refractivity contribution in [2.24, 2.45) is 23.5 Å². The van der Waals surface area contributed by atoms with Gasteiger partial charge >= 0.3 is 0 Å². The number of nitrogens with zero attached hydrogens (tertiary/aromatic N) is 2. The number of rotatable bonds is 3. The zero-order chi connectivity index (χ0) is 12.4. The number of fused-ring (bicyclic) bond motifs is 1. The van der Waals surface area contributed by atoms with Gasteiger partial charge in [-0.15, -0.1) is 0 Å². The average molecular weight is 232 g/mol. The van der Waals surface area contributed by atoms with E-state index in [-0.39, 0.29) is 5.96 Å². The van der Waals surface area contributed by atoms with Crippen LogP contribution >= 0.6 is 0 Å². The largest absolute Gasteiger partial charge is 0.497 e. The second-order valence-corrected chi connectivity index (χ2v) is 3.86. The number of benzene rings is 1. The molecule has 0 saturated heterocycles. The molecule has 0 aliphatic carbocycles. The Morgan fingerprint density at radius 2 is 2.12 bits per heavy atom. The minimum absolute atomic E-state index is 0.104. The van der Waals surface area contributed by atoms with E-state index in [4.69, 9.17) is 16.2 Å². The molecule has 5 nitrogen and oxygen atoms in total. The van der Waals surface area contributed by atoms with E-state index < -0.39 is 0 Å². The molecule has 2 aromatic rings. The smallest absolute Gasteiger partial charge is 0.186 e.